The third-order valence-corrected chi connectivity index (χ3v) is 6.21. The summed E-state index contributed by atoms with van der Waals surface area (Å²) in [4.78, 5) is 12.7. The van der Waals surface area contributed by atoms with E-state index in [9.17, 15) is 4.79 Å². The first-order valence-corrected chi connectivity index (χ1v) is 11.5. The normalized spacial score (nSPS) is 12.9. The van der Waals surface area contributed by atoms with Crippen LogP contribution in [0, 0.1) is 0 Å². The lowest BCUT2D eigenvalue weighted by molar-refractivity contribution is -0.120. The number of carbonyl (C=O) groups excluding carboxylic acids is 1. The second kappa shape index (κ2) is 11.2. The number of nitrogens with one attached hydrogen (secondary N) is 1. The van der Waals surface area contributed by atoms with Crippen LogP contribution in [0.25, 0.3) is 11.4 Å². The molecule has 1 heterocycles. The monoisotopic (exact) mass is 454 g/mol. The molecule has 3 aromatic rings. The molecule has 31 heavy (non-hydrogen) atoms. The molecular weight excluding hydrogens is 428 g/mol. The summed E-state index contributed by atoms with van der Waals surface area (Å²) in [5, 5.41) is 12.8. The van der Waals surface area contributed by atoms with Gasteiger partial charge in [-0.2, -0.15) is 0 Å². The number of hydrogen-bond donors (Lipinski definition) is 1. The molecule has 0 spiro atoms. The van der Waals surface area contributed by atoms with E-state index in [0.29, 0.717) is 16.7 Å². The molecule has 0 bridgehead atoms. The quantitative estimate of drug-likeness (QED) is 0.329. The summed E-state index contributed by atoms with van der Waals surface area (Å²) in [5.41, 5.74) is 2.19. The number of nitrogens with zero attached hydrogens (tertiary/aromatic N) is 3. The van der Waals surface area contributed by atoms with Crippen LogP contribution in [-0.2, 0) is 17.8 Å². The van der Waals surface area contributed by atoms with E-state index in [4.69, 9.17) is 11.6 Å². The van der Waals surface area contributed by atoms with Crippen molar-refractivity contribution in [1.82, 2.24) is 20.1 Å². The zero-order valence-electron chi connectivity index (χ0n) is 17.8. The third kappa shape index (κ3) is 6.45. The van der Waals surface area contributed by atoms with Crippen LogP contribution in [0.15, 0.2) is 72.4 Å². The number of aryl methyl sites for hydroxylation is 1. The van der Waals surface area contributed by atoms with Gasteiger partial charge in [-0.3, -0.25) is 9.36 Å². The van der Waals surface area contributed by atoms with Gasteiger partial charge in [-0.15, -0.1) is 16.8 Å². The molecule has 5 nitrogen and oxygen atoms in total. The van der Waals surface area contributed by atoms with Gasteiger partial charge in [-0.05, 0) is 56.5 Å². The number of halogens is 1. The predicted molar refractivity (Wildman–Crippen MR) is 128 cm³/mol. The Hall–Kier alpha value is -2.57. The molecule has 1 aromatic heterocycles. The van der Waals surface area contributed by atoms with Crippen molar-refractivity contribution in [3.05, 3.63) is 77.8 Å². The van der Waals surface area contributed by atoms with Crippen molar-refractivity contribution in [2.45, 2.75) is 49.7 Å². The van der Waals surface area contributed by atoms with Gasteiger partial charge in [0.05, 0.1) is 5.25 Å². The van der Waals surface area contributed by atoms with Gasteiger partial charge < -0.3 is 5.32 Å². The molecule has 3 rings (SSSR count). The Morgan fingerprint density at radius 1 is 1.16 bits per heavy atom. The number of rotatable bonds is 10. The van der Waals surface area contributed by atoms with Gasteiger partial charge in [-0.1, -0.05) is 59.8 Å². The zero-order valence-corrected chi connectivity index (χ0v) is 19.4. The van der Waals surface area contributed by atoms with Crippen molar-refractivity contribution >= 4 is 29.3 Å². The highest BCUT2D eigenvalue weighted by Gasteiger charge is 2.21. The van der Waals surface area contributed by atoms with Gasteiger partial charge >= 0.3 is 0 Å². The molecule has 2 unspecified atom stereocenters. The molecule has 0 fully saturated rings. The number of aromatic nitrogens is 3. The average molecular weight is 455 g/mol. The molecule has 7 heteroatoms. The molecule has 0 aliphatic heterocycles. The number of allylic oxidation sites excluding steroid dienone is 1. The fraction of sp³-hybridized carbons (Fsp3) is 0.292. The Bertz CT molecular complexity index is 1000. The first kappa shape index (κ1) is 23.1. The van der Waals surface area contributed by atoms with Crippen LogP contribution < -0.4 is 5.32 Å². The van der Waals surface area contributed by atoms with Crippen molar-refractivity contribution < 1.29 is 4.79 Å². The number of carbonyl (C=O) groups is 1. The van der Waals surface area contributed by atoms with Crippen LogP contribution in [-0.4, -0.2) is 32.0 Å². The van der Waals surface area contributed by atoms with Crippen molar-refractivity contribution in [1.29, 1.82) is 0 Å². The number of thioether (sulfide) groups is 1. The Balaban J connectivity index is 1.62. The number of amides is 1. The Kier molecular flexibility index (Phi) is 8.32. The highest BCUT2D eigenvalue weighted by Crippen LogP contribution is 2.27. The van der Waals surface area contributed by atoms with E-state index in [0.717, 1.165) is 24.2 Å². The summed E-state index contributed by atoms with van der Waals surface area (Å²) in [6.45, 7) is 8.32. The Labute approximate surface area is 192 Å². The SMILES string of the molecule is C=CCn1c(SC(C)C(=O)NC(C)CCc2ccccc2)nnc1-c1ccc(Cl)cc1. The van der Waals surface area contributed by atoms with Crippen LogP contribution in [0.5, 0.6) is 0 Å². The van der Waals surface area contributed by atoms with E-state index >= 15 is 0 Å². The molecule has 0 radical (unpaired) electrons. The van der Waals surface area contributed by atoms with Crippen LogP contribution in [0.3, 0.4) is 0 Å². The Morgan fingerprint density at radius 3 is 2.55 bits per heavy atom. The van der Waals surface area contributed by atoms with Gasteiger partial charge in [0.25, 0.3) is 0 Å². The average Bonchev–Trinajstić information content (AvgIpc) is 3.16. The van der Waals surface area contributed by atoms with Gasteiger partial charge in [0.1, 0.15) is 0 Å². The van der Waals surface area contributed by atoms with E-state index in [-0.39, 0.29) is 17.2 Å². The summed E-state index contributed by atoms with van der Waals surface area (Å²) in [6.07, 6.45) is 3.62. The molecule has 2 atom stereocenters. The van der Waals surface area contributed by atoms with Gasteiger partial charge in [0.2, 0.25) is 5.91 Å². The minimum Gasteiger partial charge on any atom is -0.353 e. The molecular formula is C24H27ClN4OS. The van der Waals surface area contributed by atoms with Crippen molar-refractivity contribution in [2.75, 3.05) is 0 Å². The minimum absolute atomic E-state index is 0.00763. The van der Waals surface area contributed by atoms with Crippen molar-refractivity contribution in [3.8, 4) is 11.4 Å². The summed E-state index contributed by atoms with van der Waals surface area (Å²) >= 11 is 7.40. The minimum atomic E-state index is -0.301. The summed E-state index contributed by atoms with van der Waals surface area (Å²) in [6, 6.07) is 17.9. The van der Waals surface area contributed by atoms with E-state index < -0.39 is 0 Å². The van der Waals surface area contributed by atoms with Gasteiger partial charge in [0, 0.05) is 23.2 Å². The molecule has 2 aromatic carbocycles. The Morgan fingerprint density at radius 2 is 1.87 bits per heavy atom. The lowest BCUT2D eigenvalue weighted by atomic mass is 10.1. The first-order chi connectivity index (χ1) is 15.0. The standard InChI is InChI=1S/C24H27ClN4OS/c1-4-16-29-22(20-12-14-21(25)15-13-20)27-28-24(29)31-18(3)23(30)26-17(2)10-11-19-8-6-5-7-9-19/h4-9,12-15,17-18H,1,10-11,16H2,2-3H3,(H,26,30). The first-order valence-electron chi connectivity index (χ1n) is 10.3. The van der Waals surface area contributed by atoms with Gasteiger partial charge in [0.15, 0.2) is 11.0 Å². The molecule has 0 saturated heterocycles. The molecule has 1 amide bonds. The largest absolute Gasteiger partial charge is 0.353 e. The fourth-order valence-corrected chi connectivity index (χ4v) is 4.15. The van der Waals surface area contributed by atoms with E-state index in [2.05, 4.69) is 34.2 Å². The number of hydrogen-bond acceptors (Lipinski definition) is 4. The topological polar surface area (TPSA) is 59.8 Å². The lowest BCUT2D eigenvalue weighted by Gasteiger charge is -2.17. The molecule has 0 aliphatic carbocycles. The van der Waals surface area contributed by atoms with E-state index in [1.54, 1.807) is 6.08 Å². The third-order valence-electron chi connectivity index (χ3n) is 4.88. The zero-order chi connectivity index (χ0) is 22.2. The smallest absolute Gasteiger partial charge is 0.233 e. The molecule has 1 N–H and O–H groups in total. The van der Waals surface area contributed by atoms with E-state index in [1.165, 1.54) is 17.3 Å². The van der Waals surface area contributed by atoms with Gasteiger partial charge in [-0.25, -0.2) is 0 Å². The number of benzene rings is 2. The summed E-state index contributed by atoms with van der Waals surface area (Å²) in [5.74, 6) is 0.717. The summed E-state index contributed by atoms with van der Waals surface area (Å²) in [7, 11) is 0. The second-order valence-corrected chi connectivity index (χ2v) is 9.15. The predicted octanol–water partition coefficient (Wildman–Crippen LogP) is 5.40. The van der Waals surface area contributed by atoms with Crippen molar-refractivity contribution in [2.24, 2.45) is 0 Å². The molecule has 162 valence electrons. The van der Waals surface area contributed by atoms with Crippen molar-refractivity contribution in [3.63, 3.8) is 0 Å². The summed E-state index contributed by atoms with van der Waals surface area (Å²) < 4.78 is 1.96. The van der Waals surface area contributed by atoms with E-state index in [1.807, 2.05) is 60.9 Å². The van der Waals surface area contributed by atoms with Crippen LogP contribution >= 0.6 is 23.4 Å². The fourth-order valence-electron chi connectivity index (χ4n) is 3.15. The highest BCUT2D eigenvalue weighted by molar-refractivity contribution is 8.00. The van der Waals surface area contributed by atoms with Crippen LogP contribution in [0.2, 0.25) is 5.02 Å². The highest BCUT2D eigenvalue weighted by atomic mass is 35.5. The molecule has 0 saturated carbocycles. The maximum absolute atomic E-state index is 12.7. The maximum atomic E-state index is 12.7. The van der Waals surface area contributed by atoms with Crippen LogP contribution in [0.4, 0.5) is 0 Å². The maximum Gasteiger partial charge on any atom is 0.233 e. The second-order valence-electron chi connectivity index (χ2n) is 7.41. The lowest BCUT2D eigenvalue weighted by Crippen LogP contribution is -2.38. The molecule has 0 aliphatic rings. The van der Waals surface area contributed by atoms with Crippen LogP contribution in [0.1, 0.15) is 25.8 Å².